The zero-order chi connectivity index (χ0) is 32.0. The van der Waals surface area contributed by atoms with Gasteiger partial charge in [0.05, 0.1) is 42.2 Å². The van der Waals surface area contributed by atoms with Gasteiger partial charge in [0.15, 0.2) is 0 Å². The standard InChI is InChI=1S/C30H29F3N2O8S/c1-3-28(36)40-17-7-5-4-6-16-39-24-13-9-21(10-14-24)29(37)41-26-15-12-22(18-25(26)30(31,32)33)34-35-23-11-8-20(2)27(19-23)44-43-42-38/h3,8-15,18-19,38H,1,4-7,16-17H2,2H3/b35-34+. The molecule has 0 unspecified atom stereocenters. The van der Waals surface area contributed by atoms with E-state index in [0.717, 1.165) is 49.5 Å². The van der Waals surface area contributed by atoms with E-state index in [1.165, 1.54) is 36.4 Å². The molecule has 0 saturated heterocycles. The maximum Gasteiger partial charge on any atom is 0.420 e. The molecule has 0 bridgehead atoms. The minimum Gasteiger partial charge on any atom is -0.494 e. The first-order valence-corrected chi connectivity index (χ1v) is 14.0. The van der Waals surface area contributed by atoms with E-state index in [9.17, 15) is 22.8 Å². The molecule has 0 atom stereocenters. The van der Waals surface area contributed by atoms with Crippen LogP contribution in [0.4, 0.5) is 24.5 Å². The number of esters is 2. The smallest absolute Gasteiger partial charge is 0.420 e. The molecule has 0 radical (unpaired) electrons. The van der Waals surface area contributed by atoms with Crippen molar-refractivity contribution in [2.24, 2.45) is 10.2 Å². The summed E-state index contributed by atoms with van der Waals surface area (Å²) in [6.07, 6.45) is -0.525. The number of carbonyl (C=O) groups is 2. The molecule has 3 aromatic carbocycles. The zero-order valence-corrected chi connectivity index (χ0v) is 24.4. The maximum absolute atomic E-state index is 13.8. The molecule has 3 aromatic rings. The summed E-state index contributed by atoms with van der Waals surface area (Å²) in [5.41, 5.74) is -0.214. The van der Waals surface area contributed by atoms with Crippen LogP contribution in [0.3, 0.4) is 0 Å². The second-order valence-electron chi connectivity index (χ2n) is 9.10. The molecule has 3 rings (SSSR count). The van der Waals surface area contributed by atoms with Crippen molar-refractivity contribution in [2.75, 3.05) is 13.2 Å². The van der Waals surface area contributed by atoms with Gasteiger partial charge in [-0.05, 0) is 92.8 Å². The monoisotopic (exact) mass is 634 g/mol. The largest absolute Gasteiger partial charge is 0.494 e. The second-order valence-corrected chi connectivity index (χ2v) is 9.84. The molecular formula is C30H29F3N2O8S. The molecule has 234 valence electrons. The van der Waals surface area contributed by atoms with Crippen LogP contribution in [0.1, 0.15) is 47.2 Å². The summed E-state index contributed by atoms with van der Waals surface area (Å²) in [5, 5.41) is 19.7. The van der Waals surface area contributed by atoms with Crippen molar-refractivity contribution in [3.63, 3.8) is 0 Å². The Bertz CT molecular complexity index is 1450. The highest BCUT2D eigenvalue weighted by Gasteiger charge is 2.35. The molecule has 0 amide bonds. The molecule has 0 fully saturated rings. The zero-order valence-electron chi connectivity index (χ0n) is 23.5. The van der Waals surface area contributed by atoms with E-state index in [4.69, 9.17) is 19.5 Å². The Morgan fingerprint density at radius 2 is 1.59 bits per heavy atom. The Morgan fingerprint density at radius 3 is 2.25 bits per heavy atom. The summed E-state index contributed by atoms with van der Waals surface area (Å²) >= 11 is 0.712. The number of carbonyl (C=O) groups excluding carboxylic acids is 2. The lowest BCUT2D eigenvalue weighted by Gasteiger charge is -2.13. The van der Waals surface area contributed by atoms with Gasteiger partial charge in [0.2, 0.25) is 0 Å². The molecule has 0 aliphatic rings. The van der Waals surface area contributed by atoms with Gasteiger partial charge in [0.1, 0.15) is 17.1 Å². The van der Waals surface area contributed by atoms with Crippen LogP contribution in [-0.2, 0) is 25.1 Å². The van der Waals surface area contributed by atoms with Gasteiger partial charge in [-0.1, -0.05) is 17.7 Å². The number of ether oxygens (including phenoxy) is 3. The number of hydrogen-bond acceptors (Lipinski definition) is 11. The predicted octanol–water partition coefficient (Wildman–Crippen LogP) is 8.75. The Kier molecular flexibility index (Phi) is 13.4. The average molecular weight is 635 g/mol. The number of nitrogens with zero attached hydrogens (tertiary/aromatic N) is 2. The first-order chi connectivity index (χ1) is 21.1. The Labute approximate surface area is 255 Å². The normalized spacial score (nSPS) is 11.4. The molecule has 0 aromatic heterocycles. The van der Waals surface area contributed by atoms with Gasteiger partial charge in [-0.15, -0.1) is 4.33 Å². The number of aryl methyl sites for hydroxylation is 1. The molecule has 10 nitrogen and oxygen atoms in total. The first-order valence-electron chi connectivity index (χ1n) is 13.2. The van der Waals surface area contributed by atoms with Crippen molar-refractivity contribution in [2.45, 2.75) is 43.7 Å². The number of halogens is 3. The van der Waals surface area contributed by atoms with Crippen molar-refractivity contribution in [3.05, 3.63) is 90.0 Å². The third-order valence-corrected chi connectivity index (χ3v) is 6.63. The minimum absolute atomic E-state index is 0.0342. The molecule has 44 heavy (non-hydrogen) atoms. The number of azo groups is 1. The molecule has 1 N–H and O–H groups in total. The summed E-state index contributed by atoms with van der Waals surface area (Å²) in [6.45, 7) is 5.85. The van der Waals surface area contributed by atoms with Crippen molar-refractivity contribution in [1.29, 1.82) is 0 Å². The fourth-order valence-electron chi connectivity index (χ4n) is 3.62. The van der Waals surface area contributed by atoms with Crippen molar-refractivity contribution < 1.29 is 51.6 Å². The van der Waals surface area contributed by atoms with Gasteiger partial charge < -0.3 is 14.2 Å². The van der Waals surface area contributed by atoms with E-state index in [-0.39, 0.29) is 11.3 Å². The number of unbranched alkanes of at least 4 members (excludes halogenated alkanes) is 3. The van der Waals surface area contributed by atoms with Crippen LogP contribution >= 0.6 is 12.0 Å². The summed E-state index contributed by atoms with van der Waals surface area (Å²) in [6, 6.07) is 13.6. The number of benzene rings is 3. The van der Waals surface area contributed by atoms with Gasteiger partial charge in [-0.2, -0.15) is 23.4 Å². The molecule has 0 aliphatic heterocycles. The number of rotatable bonds is 16. The van der Waals surface area contributed by atoms with E-state index in [1.807, 2.05) is 0 Å². The number of alkyl halides is 3. The molecule has 14 heteroatoms. The Morgan fingerprint density at radius 1 is 0.932 bits per heavy atom. The SMILES string of the molecule is C=CC(=O)OCCCCCCOc1ccc(C(=O)Oc2ccc(/N=N/c3ccc(C)c(SOOO)c3)cc2C(F)(F)F)cc1. The van der Waals surface area contributed by atoms with Gasteiger partial charge in [0, 0.05) is 11.0 Å². The van der Waals surface area contributed by atoms with Crippen LogP contribution in [0.5, 0.6) is 11.5 Å². The van der Waals surface area contributed by atoms with Gasteiger partial charge in [-0.25, -0.2) is 14.8 Å². The van der Waals surface area contributed by atoms with Crippen LogP contribution in [0.25, 0.3) is 0 Å². The van der Waals surface area contributed by atoms with Crippen molar-refractivity contribution >= 4 is 35.4 Å². The lowest BCUT2D eigenvalue weighted by atomic mass is 10.1. The van der Waals surface area contributed by atoms with Crippen LogP contribution in [0.15, 0.2) is 88.4 Å². The van der Waals surface area contributed by atoms with E-state index >= 15 is 0 Å². The average Bonchev–Trinajstić information content (AvgIpc) is 3.01. The molecule has 0 heterocycles. The van der Waals surface area contributed by atoms with Crippen molar-refractivity contribution in [1.82, 2.24) is 0 Å². The highest BCUT2D eigenvalue weighted by molar-refractivity contribution is 7.94. The van der Waals surface area contributed by atoms with Crippen LogP contribution in [0.2, 0.25) is 0 Å². The number of hydrogen-bond donors (Lipinski definition) is 1. The first kappa shape index (κ1) is 34.3. The highest BCUT2D eigenvalue weighted by Crippen LogP contribution is 2.39. The third kappa shape index (κ3) is 11.1. The summed E-state index contributed by atoms with van der Waals surface area (Å²) in [7, 11) is 0. The summed E-state index contributed by atoms with van der Waals surface area (Å²) < 4.78 is 61.6. The third-order valence-electron chi connectivity index (χ3n) is 5.89. The van der Waals surface area contributed by atoms with Gasteiger partial charge >= 0.3 is 18.1 Å². The van der Waals surface area contributed by atoms with Gasteiger partial charge in [0.25, 0.3) is 0 Å². The summed E-state index contributed by atoms with van der Waals surface area (Å²) in [5.74, 6) is -1.63. The van der Waals surface area contributed by atoms with Crippen molar-refractivity contribution in [3.8, 4) is 11.5 Å². The lowest BCUT2D eigenvalue weighted by Crippen LogP contribution is -2.13. The Hall–Kier alpha value is -4.24. The Balaban J connectivity index is 1.57. The van der Waals surface area contributed by atoms with Crippen LogP contribution < -0.4 is 9.47 Å². The van der Waals surface area contributed by atoms with E-state index in [1.54, 1.807) is 19.1 Å². The topological polar surface area (TPSA) is 125 Å². The molecule has 0 spiro atoms. The van der Waals surface area contributed by atoms with E-state index in [0.29, 0.717) is 41.6 Å². The molecule has 0 aliphatic carbocycles. The molecule has 0 saturated carbocycles. The highest BCUT2D eigenvalue weighted by atomic mass is 32.2. The van der Waals surface area contributed by atoms with Gasteiger partial charge in [-0.3, -0.25) is 0 Å². The molecular weight excluding hydrogens is 605 g/mol. The second kappa shape index (κ2) is 17.2. The quantitative estimate of drug-likeness (QED) is 0.0241. The predicted molar refractivity (Wildman–Crippen MR) is 154 cm³/mol. The maximum atomic E-state index is 13.8. The van der Waals surface area contributed by atoms with Crippen LogP contribution in [0, 0.1) is 6.92 Å². The van der Waals surface area contributed by atoms with Crippen LogP contribution in [-0.4, -0.2) is 30.4 Å². The van der Waals surface area contributed by atoms with E-state index < -0.39 is 29.4 Å². The van der Waals surface area contributed by atoms with E-state index in [2.05, 4.69) is 26.2 Å². The fourth-order valence-corrected chi connectivity index (χ4v) is 4.10. The lowest BCUT2D eigenvalue weighted by molar-refractivity contribution is -0.432. The summed E-state index contributed by atoms with van der Waals surface area (Å²) in [4.78, 5) is 24.1. The minimum atomic E-state index is -4.84. The fraction of sp³-hybridized carbons (Fsp3) is 0.267.